The van der Waals surface area contributed by atoms with Crippen molar-refractivity contribution in [1.82, 2.24) is 24.8 Å². The monoisotopic (exact) mass is 551 g/mol. The molecule has 5 aromatic rings. The van der Waals surface area contributed by atoms with Gasteiger partial charge in [-0.25, -0.2) is 19.6 Å². The van der Waals surface area contributed by atoms with E-state index in [9.17, 15) is 19.8 Å². The van der Waals surface area contributed by atoms with Crippen LogP contribution < -0.4 is 0 Å². The second-order valence-electron chi connectivity index (χ2n) is 9.24. The maximum atomic E-state index is 11.5. The van der Waals surface area contributed by atoms with Crippen LogP contribution in [0.5, 0.6) is 0 Å². The topological polar surface area (TPSA) is 129 Å². The Morgan fingerprint density at radius 1 is 0.775 bits per heavy atom. The van der Waals surface area contributed by atoms with Crippen LogP contribution in [0.4, 0.5) is 0 Å². The summed E-state index contributed by atoms with van der Waals surface area (Å²) in [5, 5.41) is 19.6. The number of benzene rings is 1. The largest absolute Gasteiger partial charge is 0.478 e. The molecule has 0 aliphatic carbocycles. The standard InChI is InChI=1S/C30H25N5O4S/c1-19-5-7-20(8-6-19)27-15-33-28(40-27)26-4-2-3-23(34-26)16-35(17-24-13-21(29(36)37)9-11-31-24)18-25-14-22(30(38)39)10-12-32-25/h2-15H,16-18H2,1H3,(H,36,37)(H,38,39). The number of hydrogen-bond donors (Lipinski definition) is 2. The molecule has 0 bridgehead atoms. The summed E-state index contributed by atoms with van der Waals surface area (Å²) < 4.78 is 0. The summed E-state index contributed by atoms with van der Waals surface area (Å²) in [4.78, 5) is 44.2. The van der Waals surface area contributed by atoms with Crippen LogP contribution in [-0.2, 0) is 19.6 Å². The minimum atomic E-state index is -1.03. The van der Waals surface area contributed by atoms with E-state index >= 15 is 0 Å². The summed E-state index contributed by atoms with van der Waals surface area (Å²) >= 11 is 1.57. The minimum absolute atomic E-state index is 0.143. The van der Waals surface area contributed by atoms with Crippen molar-refractivity contribution in [2.24, 2.45) is 0 Å². The van der Waals surface area contributed by atoms with Crippen LogP contribution in [-0.4, -0.2) is 47.0 Å². The second-order valence-corrected chi connectivity index (χ2v) is 10.3. The first-order valence-corrected chi connectivity index (χ1v) is 13.2. The van der Waals surface area contributed by atoms with E-state index in [0.717, 1.165) is 26.8 Å². The maximum absolute atomic E-state index is 11.5. The van der Waals surface area contributed by atoms with Gasteiger partial charge in [0, 0.05) is 38.2 Å². The highest BCUT2D eigenvalue weighted by atomic mass is 32.1. The molecule has 0 unspecified atom stereocenters. The zero-order valence-corrected chi connectivity index (χ0v) is 22.4. The summed E-state index contributed by atoms with van der Waals surface area (Å²) in [5.74, 6) is -2.07. The van der Waals surface area contributed by atoms with E-state index in [0.29, 0.717) is 31.0 Å². The molecule has 0 spiro atoms. The number of pyridine rings is 3. The van der Waals surface area contributed by atoms with Gasteiger partial charge in [0.2, 0.25) is 0 Å². The van der Waals surface area contributed by atoms with E-state index < -0.39 is 11.9 Å². The molecule has 4 heterocycles. The number of rotatable bonds is 10. The van der Waals surface area contributed by atoms with Crippen molar-refractivity contribution in [3.05, 3.63) is 119 Å². The zero-order chi connectivity index (χ0) is 28.1. The summed E-state index contributed by atoms with van der Waals surface area (Å²) in [5.41, 5.74) is 5.23. The van der Waals surface area contributed by atoms with Crippen molar-refractivity contribution < 1.29 is 19.8 Å². The number of nitrogens with zero attached hydrogens (tertiary/aromatic N) is 5. The quantitative estimate of drug-likeness (QED) is 0.229. The number of aromatic nitrogens is 4. The lowest BCUT2D eigenvalue weighted by Gasteiger charge is -2.22. The van der Waals surface area contributed by atoms with E-state index in [1.165, 1.54) is 42.2 Å². The fourth-order valence-corrected chi connectivity index (χ4v) is 5.07. The van der Waals surface area contributed by atoms with Crippen LogP contribution in [0.1, 0.15) is 43.4 Å². The summed E-state index contributed by atoms with van der Waals surface area (Å²) in [6.45, 7) is 3.06. The third kappa shape index (κ3) is 6.60. The first-order chi connectivity index (χ1) is 19.3. The van der Waals surface area contributed by atoms with Crippen molar-refractivity contribution >= 4 is 23.3 Å². The lowest BCUT2D eigenvalue weighted by atomic mass is 10.1. The molecule has 0 fully saturated rings. The average Bonchev–Trinajstić information content (AvgIpc) is 3.44. The Labute approximate surface area is 234 Å². The molecule has 0 saturated heterocycles. The Bertz CT molecular complexity index is 1610. The Hall–Kier alpha value is -4.80. The van der Waals surface area contributed by atoms with Crippen molar-refractivity contribution in [3.63, 3.8) is 0 Å². The summed E-state index contributed by atoms with van der Waals surface area (Å²) in [7, 11) is 0. The normalized spacial score (nSPS) is 11.1. The highest BCUT2D eigenvalue weighted by Gasteiger charge is 2.15. The zero-order valence-electron chi connectivity index (χ0n) is 21.6. The van der Waals surface area contributed by atoms with Gasteiger partial charge in [-0.3, -0.25) is 14.9 Å². The van der Waals surface area contributed by atoms with Crippen LogP contribution in [0.3, 0.4) is 0 Å². The highest BCUT2D eigenvalue weighted by Crippen LogP contribution is 2.31. The Kier molecular flexibility index (Phi) is 7.99. The predicted octanol–water partition coefficient (Wildman–Crippen LogP) is 5.57. The van der Waals surface area contributed by atoms with Gasteiger partial charge in [0.15, 0.2) is 0 Å². The average molecular weight is 552 g/mol. The molecule has 2 N–H and O–H groups in total. The fraction of sp³-hybridized carbons (Fsp3) is 0.133. The lowest BCUT2D eigenvalue weighted by Crippen LogP contribution is -2.24. The van der Waals surface area contributed by atoms with Gasteiger partial charge in [-0.15, -0.1) is 11.3 Å². The van der Waals surface area contributed by atoms with E-state index in [4.69, 9.17) is 4.98 Å². The van der Waals surface area contributed by atoms with Crippen molar-refractivity contribution in [3.8, 4) is 21.1 Å². The van der Waals surface area contributed by atoms with Gasteiger partial charge in [-0.1, -0.05) is 35.9 Å². The molecule has 0 amide bonds. The fourth-order valence-electron chi connectivity index (χ4n) is 4.18. The van der Waals surface area contributed by atoms with Crippen molar-refractivity contribution in [2.75, 3.05) is 0 Å². The van der Waals surface area contributed by atoms with Gasteiger partial charge in [-0.2, -0.15) is 0 Å². The van der Waals surface area contributed by atoms with Crippen LogP contribution in [0.25, 0.3) is 21.1 Å². The molecule has 4 aromatic heterocycles. The molecule has 40 heavy (non-hydrogen) atoms. The lowest BCUT2D eigenvalue weighted by molar-refractivity contribution is 0.0686. The van der Waals surface area contributed by atoms with E-state index in [1.54, 1.807) is 11.3 Å². The number of carboxylic acid groups (broad SMARTS) is 2. The van der Waals surface area contributed by atoms with Crippen molar-refractivity contribution in [1.29, 1.82) is 0 Å². The summed E-state index contributed by atoms with van der Waals surface area (Å²) in [6.07, 6.45) is 4.79. The van der Waals surface area contributed by atoms with E-state index in [2.05, 4.69) is 46.1 Å². The molecular formula is C30H25N5O4S. The van der Waals surface area contributed by atoms with Gasteiger partial charge in [0.05, 0.1) is 38.8 Å². The van der Waals surface area contributed by atoms with Gasteiger partial charge >= 0.3 is 11.9 Å². The molecule has 1 aromatic carbocycles. The van der Waals surface area contributed by atoms with Crippen LogP contribution in [0.15, 0.2) is 85.3 Å². The van der Waals surface area contributed by atoms with E-state index in [1.807, 2.05) is 29.3 Å². The SMILES string of the molecule is Cc1ccc(-c2cnc(-c3cccc(CN(Cc4cc(C(=O)O)ccn4)Cc4cc(C(=O)O)ccn4)n3)s2)cc1. The molecule has 200 valence electrons. The number of aromatic carboxylic acids is 2. The smallest absolute Gasteiger partial charge is 0.335 e. The molecule has 9 nitrogen and oxygen atoms in total. The van der Waals surface area contributed by atoms with Gasteiger partial charge < -0.3 is 10.2 Å². The first kappa shape index (κ1) is 26.8. The van der Waals surface area contributed by atoms with Gasteiger partial charge in [-0.05, 0) is 48.9 Å². The number of hydrogen-bond acceptors (Lipinski definition) is 8. The predicted molar refractivity (Wildman–Crippen MR) is 151 cm³/mol. The molecule has 0 aliphatic heterocycles. The number of carboxylic acids is 2. The molecule has 0 saturated carbocycles. The maximum Gasteiger partial charge on any atom is 0.335 e. The van der Waals surface area contributed by atoms with Crippen LogP contribution >= 0.6 is 11.3 Å². The third-order valence-corrected chi connectivity index (χ3v) is 7.22. The van der Waals surface area contributed by atoms with Gasteiger partial charge in [0.1, 0.15) is 5.01 Å². The molecule has 5 rings (SSSR count). The van der Waals surface area contributed by atoms with Crippen molar-refractivity contribution in [2.45, 2.75) is 26.6 Å². The van der Waals surface area contributed by atoms with Gasteiger partial charge in [0.25, 0.3) is 0 Å². The number of thiazole rings is 1. The molecule has 0 atom stereocenters. The number of aryl methyl sites for hydroxylation is 1. The third-order valence-electron chi connectivity index (χ3n) is 6.15. The van der Waals surface area contributed by atoms with E-state index in [-0.39, 0.29) is 11.1 Å². The Morgan fingerprint density at radius 2 is 1.38 bits per heavy atom. The molecule has 10 heteroatoms. The minimum Gasteiger partial charge on any atom is -0.478 e. The molecule has 0 aliphatic rings. The van der Waals surface area contributed by atoms with Crippen LogP contribution in [0, 0.1) is 6.92 Å². The molecular weight excluding hydrogens is 526 g/mol. The van der Waals surface area contributed by atoms with Crippen LogP contribution in [0.2, 0.25) is 0 Å². The highest BCUT2D eigenvalue weighted by molar-refractivity contribution is 7.18. The molecule has 0 radical (unpaired) electrons. The first-order valence-electron chi connectivity index (χ1n) is 12.4. The summed E-state index contributed by atoms with van der Waals surface area (Å²) in [6, 6.07) is 20.0. The Balaban J connectivity index is 1.41. The second kappa shape index (κ2) is 11.9. The number of carbonyl (C=O) groups is 2. The Morgan fingerprint density at radius 3 is 1.98 bits per heavy atom.